The zero-order valence-corrected chi connectivity index (χ0v) is 17.3. The highest BCUT2D eigenvalue weighted by Crippen LogP contribution is 2.17. The first-order valence-electron chi connectivity index (χ1n) is 11.0. The molecule has 0 saturated heterocycles. The van der Waals surface area contributed by atoms with Gasteiger partial charge in [0.25, 0.3) is 5.91 Å². The number of aryl methyl sites for hydroxylation is 1. The zero-order valence-electron chi connectivity index (χ0n) is 17.3. The number of hydrogen-bond acceptors (Lipinski definition) is 3. The highest BCUT2D eigenvalue weighted by molar-refractivity contribution is 5.97. The molecule has 0 unspecified atom stereocenters. The molecule has 1 aromatic rings. The van der Waals surface area contributed by atoms with Crippen molar-refractivity contribution in [2.24, 2.45) is 0 Å². The smallest absolute Gasteiger partial charge is 0.263 e. The molecule has 0 radical (unpaired) electrons. The number of benzene rings is 1. The van der Waals surface area contributed by atoms with Gasteiger partial charge in [-0.25, -0.2) is 0 Å². The summed E-state index contributed by atoms with van der Waals surface area (Å²) in [6.45, 7) is 2.11. The summed E-state index contributed by atoms with van der Waals surface area (Å²) in [7, 11) is 0. The van der Waals surface area contributed by atoms with E-state index in [1.807, 2.05) is 30.3 Å². The van der Waals surface area contributed by atoms with Gasteiger partial charge >= 0.3 is 0 Å². The Hall–Kier alpha value is -2.28. The van der Waals surface area contributed by atoms with Crippen molar-refractivity contribution in [2.45, 2.75) is 90.0 Å². The van der Waals surface area contributed by atoms with E-state index >= 15 is 0 Å². The van der Waals surface area contributed by atoms with E-state index < -0.39 is 0 Å². The van der Waals surface area contributed by atoms with Gasteiger partial charge in [-0.3, -0.25) is 4.79 Å². The van der Waals surface area contributed by atoms with Crippen LogP contribution in [0.3, 0.4) is 0 Å². The number of amides is 1. The van der Waals surface area contributed by atoms with Crippen LogP contribution in [0.4, 0.5) is 5.69 Å². The number of hydrogen-bond donors (Lipinski definition) is 2. The predicted molar refractivity (Wildman–Crippen MR) is 116 cm³/mol. The quantitative estimate of drug-likeness (QED) is 0.496. The standard InChI is InChI=1S/C24H35N3O/c1-2-20-14-16-22(17-15-20)26-19-21(18-25)24(28)27-23-12-10-8-6-4-3-5-7-9-11-13-23/h14-17,19,23,26H,2-13H2,1H3,(H,27,28)/b21-19-. The number of nitrogens with zero attached hydrogens (tertiary/aromatic N) is 1. The average molecular weight is 382 g/mol. The molecular weight excluding hydrogens is 346 g/mol. The molecule has 1 aliphatic carbocycles. The Morgan fingerprint density at radius 3 is 2.04 bits per heavy atom. The maximum Gasteiger partial charge on any atom is 0.263 e. The predicted octanol–water partition coefficient (Wildman–Crippen LogP) is 5.86. The minimum Gasteiger partial charge on any atom is -0.360 e. The van der Waals surface area contributed by atoms with E-state index in [1.165, 1.54) is 56.7 Å². The Balaban J connectivity index is 1.90. The first-order chi connectivity index (χ1) is 13.7. The van der Waals surface area contributed by atoms with Crippen LogP contribution in [0.2, 0.25) is 0 Å². The molecule has 1 fully saturated rings. The summed E-state index contributed by atoms with van der Waals surface area (Å²) in [6.07, 6.45) is 15.9. The van der Waals surface area contributed by atoms with Crippen LogP contribution in [0.1, 0.15) is 83.1 Å². The number of carbonyl (C=O) groups excluding carboxylic acids is 1. The van der Waals surface area contributed by atoms with Crippen LogP contribution in [-0.2, 0) is 11.2 Å². The van der Waals surface area contributed by atoms with Crippen molar-refractivity contribution in [2.75, 3.05) is 5.32 Å². The molecule has 0 spiro atoms. The van der Waals surface area contributed by atoms with Gasteiger partial charge < -0.3 is 10.6 Å². The molecule has 4 nitrogen and oxygen atoms in total. The molecule has 2 N–H and O–H groups in total. The lowest BCUT2D eigenvalue weighted by Crippen LogP contribution is -2.35. The first kappa shape index (κ1) is 22.0. The summed E-state index contributed by atoms with van der Waals surface area (Å²) in [4.78, 5) is 12.6. The van der Waals surface area contributed by atoms with Gasteiger partial charge in [0.15, 0.2) is 0 Å². The van der Waals surface area contributed by atoms with E-state index in [0.29, 0.717) is 0 Å². The van der Waals surface area contributed by atoms with Crippen molar-refractivity contribution < 1.29 is 4.79 Å². The van der Waals surface area contributed by atoms with Gasteiger partial charge in [-0.2, -0.15) is 5.26 Å². The van der Waals surface area contributed by atoms with Crippen LogP contribution in [-0.4, -0.2) is 11.9 Å². The fraction of sp³-hybridized carbons (Fsp3) is 0.583. The Bertz CT molecular complexity index is 645. The van der Waals surface area contributed by atoms with Crippen molar-refractivity contribution in [1.82, 2.24) is 5.32 Å². The molecular formula is C24H35N3O. The third-order valence-electron chi connectivity index (χ3n) is 5.55. The van der Waals surface area contributed by atoms with Gasteiger partial charge in [-0.05, 0) is 37.0 Å². The van der Waals surface area contributed by atoms with Gasteiger partial charge in [0, 0.05) is 17.9 Å². The number of anilines is 1. The van der Waals surface area contributed by atoms with Crippen molar-refractivity contribution in [3.8, 4) is 6.07 Å². The zero-order chi connectivity index (χ0) is 20.0. The van der Waals surface area contributed by atoms with Crippen LogP contribution in [0.5, 0.6) is 0 Å². The third-order valence-corrected chi connectivity index (χ3v) is 5.55. The summed E-state index contributed by atoms with van der Waals surface area (Å²) in [6, 6.07) is 10.2. The van der Waals surface area contributed by atoms with Gasteiger partial charge in [0.1, 0.15) is 11.6 Å². The van der Waals surface area contributed by atoms with Crippen molar-refractivity contribution in [3.05, 3.63) is 41.6 Å². The second kappa shape index (κ2) is 13.0. The first-order valence-corrected chi connectivity index (χ1v) is 11.0. The van der Waals surface area contributed by atoms with E-state index in [1.54, 1.807) is 0 Å². The van der Waals surface area contributed by atoms with E-state index in [0.717, 1.165) is 37.8 Å². The SMILES string of the molecule is CCc1ccc(N/C=C(/C#N)C(=O)NC2CCCCCCCCCCC2)cc1. The van der Waals surface area contributed by atoms with Crippen LogP contribution in [0, 0.1) is 11.3 Å². The normalized spacial score (nSPS) is 17.6. The van der Waals surface area contributed by atoms with Gasteiger partial charge in [0.05, 0.1) is 0 Å². The molecule has 0 atom stereocenters. The molecule has 1 aliphatic rings. The van der Waals surface area contributed by atoms with Crippen LogP contribution >= 0.6 is 0 Å². The molecule has 28 heavy (non-hydrogen) atoms. The average Bonchev–Trinajstić information content (AvgIpc) is 2.71. The molecule has 0 aromatic heterocycles. The molecule has 4 heteroatoms. The van der Waals surface area contributed by atoms with Crippen molar-refractivity contribution >= 4 is 11.6 Å². The summed E-state index contributed by atoms with van der Waals surface area (Å²) in [5.74, 6) is -0.266. The maximum atomic E-state index is 12.6. The van der Waals surface area contributed by atoms with Crippen LogP contribution in [0.15, 0.2) is 36.0 Å². The molecule has 0 heterocycles. The lowest BCUT2D eigenvalue weighted by Gasteiger charge is -2.19. The van der Waals surface area contributed by atoms with Gasteiger partial charge in [-0.1, -0.05) is 76.8 Å². The van der Waals surface area contributed by atoms with E-state index in [2.05, 4.69) is 17.6 Å². The summed E-state index contributed by atoms with van der Waals surface area (Å²) in [5, 5.41) is 15.6. The van der Waals surface area contributed by atoms with Crippen molar-refractivity contribution in [1.29, 1.82) is 5.26 Å². The molecule has 1 amide bonds. The molecule has 1 saturated carbocycles. The molecule has 2 rings (SSSR count). The second-order valence-electron chi connectivity index (χ2n) is 7.79. The van der Waals surface area contributed by atoms with Crippen LogP contribution in [0.25, 0.3) is 0 Å². The number of nitrogens with one attached hydrogen (secondary N) is 2. The molecule has 1 aromatic carbocycles. The maximum absolute atomic E-state index is 12.6. The molecule has 152 valence electrons. The van der Waals surface area contributed by atoms with E-state index in [4.69, 9.17) is 0 Å². The van der Waals surface area contributed by atoms with Crippen LogP contribution < -0.4 is 10.6 Å². The van der Waals surface area contributed by atoms with Gasteiger partial charge in [-0.15, -0.1) is 0 Å². The summed E-state index contributed by atoms with van der Waals surface area (Å²) < 4.78 is 0. The van der Waals surface area contributed by atoms with E-state index in [-0.39, 0.29) is 17.5 Å². The Kier molecular flexibility index (Phi) is 10.2. The Morgan fingerprint density at radius 1 is 1.00 bits per heavy atom. The van der Waals surface area contributed by atoms with Gasteiger partial charge in [0.2, 0.25) is 0 Å². The third kappa shape index (κ3) is 8.17. The summed E-state index contributed by atoms with van der Waals surface area (Å²) >= 11 is 0. The fourth-order valence-electron chi connectivity index (χ4n) is 3.71. The molecule has 0 bridgehead atoms. The highest BCUT2D eigenvalue weighted by atomic mass is 16.1. The monoisotopic (exact) mass is 381 g/mol. The second-order valence-corrected chi connectivity index (χ2v) is 7.79. The fourth-order valence-corrected chi connectivity index (χ4v) is 3.71. The van der Waals surface area contributed by atoms with E-state index in [9.17, 15) is 10.1 Å². The van der Waals surface area contributed by atoms with Crippen molar-refractivity contribution in [3.63, 3.8) is 0 Å². The summed E-state index contributed by atoms with van der Waals surface area (Å²) in [5.41, 5.74) is 2.27. The number of carbonyl (C=O) groups is 1. The topological polar surface area (TPSA) is 64.9 Å². The largest absolute Gasteiger partial charge is 0.360 e. The minimum atomic E-state index is -0.266. The molecule has 0 aliphatic heterocycles. The number of rotatable bonds is 5. The lowest BCUT2D eigenvalue weighted by molar-refractivity contribution is -0.117. The lowest BCUT2D eigenvalue weighted by atomic mass is 9.98. The Morgan fingerprint density at radius 2 is 1.54 bits per heavy atom. The minimum absolute atomic E-state index is 0.130. The Labute approximate surface area is 170 Å². The highest BCUT2D eigenvalue weighted by Gasteiger charge is 2.16. The number of nitriles is 1.